The summed E-state index contributed by atoms with van der Waals surface area (Å²) in [5.41, 5.74) is -0.646. The molecule has 2 aromatic rings. The Balaban J connectivity index is 2.48. The summed E-state index contributed by atoms with van der Waals surface area (Å²) in [6, 6.07) is 8.55. The molecule has 0 spiro atoms. The smallest absolute Gasteiger partial charge is 0.384 e. The first-order chi connectivity index (χ1) is 9.30. The predicted octanol–water partition coefficient (Wildman–Crippen LogP) is 4.23. The van der Waals surface area contributed by atoms with Crippen LogP contribution in [0.3, 0.4) is 0 Å². The van der Waals surface area contributed by atoms with Crippen LogP contribution in [0, 0.1) is 12.7 Å². The molecule has 0 radical (unpaired) electrons. The third kappa shape index (κ3) is 2.82. The van der Waals surface area contributed by atoms with Gasteiger partial charge in [-0.05, 0) is 35.7 Å². The second-order valence-corrected chi connectivity index (χ2v) is 4.50. The monoisotopic (exact) mass is 284 g/mol. The molecule has 0 saturated carbocycles. The van der Waals surface area contributed by atoms with E-state index >= 15 is 0 Å². The van der Waals surface area contributed by atoms with E-state index in [9.17, 15) is 22.7 Å². The molecule has 1 nitrogen and oxygen atoms in total. The Hall–Kier alpha value is -1.88. The maximum absolute atomic E-state index is 13.2. The average Bonchev–Trinajstić information content (AvgIpc) is 2.40. The normalized spacial score (nSPS) is 13.3. The van der Waals surface area contributed by atoms with Crippen LogP contribution in [0.5, 0.6) is 0 Å². The van der Waals surface area contributed by atoms with Gasteiger partial charge in [0.15, 0.2) is 0 Å². The van der Waals surface area contributed by atoms with Gasteiger partial charge >= 0.3 is 6.18 Å². The quantitative estimate of drug-likeness (QED) is 0.818. The molecule has 0 fully saturated rings. The molecule has 0 aliphatic rings. The summed E-state index contributed by atoms with van der Waals surface area (Å²) < 4.78 is 51.9. The lowest BCUT2D eigenvalue weighted by Crippen LogP contribution is -2.12. The van der Waals surface area contributed by atoms with Crippen molar-refractivity contribution in [1.82, 2.24) is 0 Å². The Bertz CT molecular complexity index is 620. The summed E-state index contributed by atoms with van der Waals surface area (Å²) in [6.45, 7) is 1.49. The van der Waals surface area contributed by atoms with Crippen LogP contribution in [0.2, 0.25) is 0 Å². The molecule has 5 heteroatoms. The van der Waals surface area contributed by atoms with Crippen LogP contribution in [-0.2, 0) is 6.18 Å². The van der Waals surface area contributed by atoms with Gasteiger partial charge in [-0.3, -0.25) is 0 Å². The number of aliphatic hydroxyl groups excluding tert-OH is 1. The third-order valence-electron chi connectivity index (χ3n) is 3.06. The minimum Gasteiger partial charge on any atom is -0.384 e. The molecule has 2 aromatic carbocycles. The third-order valence-corrected chi connectivity index (χ3v) is 3.06. The highest BCUT2D eigenvalue weighted by Gasteiger charge is 2.34. The summed E-state index contributed by atoms with van der Waals surface area (Å²) in [6.07, 6.45) is -6.00. The average molecular weight is 284 g/mol. The second kappa shape index (κ2) is 5.25. The first kappa shape index (κ1) is 14.5. The van der Waals surface area contributed by atoms with E-state index in [-0.39, 0.29) is 16.7 Å². The highest BCUT2D eigenvalue weighted by Crippen LogP contribution is 2.36. The van der Waals surface area contributed by atoms with Crippen molar-refractivity contribution in [3.05, 3.63) is 70.5 Å². The molecule has 0 aromatic heterocycles. The number of halogens is 4. The first-order valence-corrected chi connectivity index (χ1v) is 5.91. The molecule has 0 aliphatic heterocycles. The Kier molecular flexibility index (Phi) is 3.81. The number of hydrogen-bond acceptors (Lipinski definition) is 1. The van der Waals surface area contributed by atoms with E-state index in [0.717, 1.165) is 12.1 Å². The zero-order chi connectivity index (χ0) is 14.9. The number of rotatable bonds is 2. The number of aliphatic hydroxyl groups is 1. The van der Waals surface area contributed by atoms with Crippen molar-refractivity contribution in [2.75, 3.05) is 0 Å². The van der Waals surface area contributed by atoms with Crippen LogP contribution < -0.4 is 0 Å². The number of hydrogen-bond donors (Lipinski definition) is 1. The summed E-state index contributed by atoms with van der Waals surface area (Å²) >= 11 is 0. The molecule has 0 bridgehead atoms. The predicted molar refractivity (Wildman–Crippen MR) is 66.6 cm³/mol. The summed E-state index contributed by atoms with van der Waals surface area (Å²) in [4.78, 5) is 0. The number of alkyl halides is 3. The van der Waals surface area contributed by atoms with Crippen LogP contribution in [0.15, 0.2) is 42.5 Å². The van der Waals surface area contributed by atoms with Crippen LogP contribution in [-0.4, -0.2) is 5.11 Å². The Labute approximate surface area is 113 Å². The molecule has 0 heterocycles. The van der Waals surface area contributed by atoms with Gasteiger partial charge in [0.1, 0.15) is 11.9 Å². The number of aryl methyl sites for hydroxylation is 1. The van der Waals surface area contributed by atoms with Crippen LogP contribution in [0.4, 0.5) is 17.6 Å². The molecule has 106 valence electrons. The van der Waals surface area contributed by atoms with Crippen molar-refractivity contribution in [3.63, 3.8) is 0 Å². The standard InChI is InChI=1S/C15H12F4O/c1-9-8-10(6-7-13(9)16)14(20)11-4-2-3-5-12(11)15(17,18)19/h2-8,14,20H,1H3. The SMILES string of the molecule is Cc1cc(C(O)c2ccccc2C(F)(F)F)ccc1F. The highest BCUT2D eigenvalue weighted by atomic mass is 19.4. The summed E-state index contributed by atoms with van der Waals surface area (Å²) in [5, 5.41) is 10.1. The first-order valence-electron chi connectivity index (χ1n) is 5.91. The lowest BCUT2D eigenvalue weighted by atomic mass is 9.95. The van der Waals surface area contributed by atoms with Gasteiger partial charge in [-0.25, -0.2) is 4.39 Å². The molecule has 0 aliphatic carbocycles. The van der Waals surface area contributed by atoms with E-state index in [1.54, 1.807) is 0 Å². The Morgan fingerprint density at radius 2 is 1.70 bits per heavy atom. The van der Waals surface area contributed by atoms with Gasteiger partial charge in [0.2, 0.25) is 0 Å². The molecule has 0 amide bonds. The zero-order valence-corrected chi connectivity index (χ0v) is 10.6. The second-order valence-electron chi connectivity index (χ2n) is 4.50. The Morgan fingerprint density at radius 3 is 2.30 bits per heavy atom. The molecular weight excluding hydrogens is 272 g/mol. The molecule has 1 atom stereocenters. The van der Waals surface area contributed by atoms with E-state index < -0.39 is 23.7 Å². The molecule has 2 rings (SSSR count). The Morgan fingerprint density at radius 1 is 1.05 bits per heavy atom. The van der Waals surface area contributed by atoms with Crippen LogP contribution >= 0.6 is 0 Å². The minimum absolute atomic E-state index is 0.223. The topological polar surface area (TPSA) is 20.2 Å². The van der Waals surface area contributed by atoms with E-state index in [0.29, 0.717) is 0 Å². The summed E-state index contributed by atoms with van der Waals surface area (Å²) in [7, 11) is 0. The number of benzene rings is 2. The van der Waals surface area contributed by atoms with Gasteiger partial charge in [0.05, 0.1) is 5.56 Å². The van der Waals surface area contributed by atoms with Crippen molar-refractivity contribution in [3.8, 4) is 0 Å². The largest absolute Gasteiger partial charge is 0.416 e. The summed E-state index contributed by atoms with van der Waals surface area (Å²) in [5.74, 6) is -0.468. The van der Waals surface area contributed by atoms with E-state index in [2.05, 4.69) is 0 Å². The van der Waals surface area contributed by atoms with Gasteiger partial charge < -0.3 is 5.11 Å². The lowest BCUT2D eigenvalue weighted by molar-refractivity contribution is -0.139. The molecule has 1 unspecified atom stereocenters. The van der Waals surface area contributed by atoms with Crippen LogP contribution in [0.25, 0.3) is 0 Å². The van der Waals surface area contributed by atoms with E-state index in [4.69, 9.17) is 0 Å². The van der Waals surface area contributed by atoms with Gasteiger partial charge in [0.25, 0.3) is 0 Å². The lowest BCUT2D eigenvalue weighted by Gasteiger charge is -2.18. The fraction of sp³-hybridized carbons (Fsp3) is 0.200. The van der Waals surface area contributed by atoms with Crippen molar-refractivity contribution in [1.29, 1.82) is 0 Å². The van der Waals surface area contributed by atoms with Crippen molar-refractivity contribution in [2.45, 2.75) is 19.2 Å². The highest BCUT2D eigenvalue weighted by molar-refractivity contribution is 5.38. The van der Waals surface area contributed by atoms with Crippen LogP contribution in [0.1, 0.15) is 28.4 Å². The molecular formula is C15H12F4O. The molecule has 20 heavy (non-hydrogen) atoms. The maximum atomic E-state index is 13.2. The zero-order valence-electron chi connectivity index (χ0n) is 10.6. The van der Waals surface area contributed by atoms with E-state index in [1.807, 2.05) is 0 Å². The fourth-order valence-corrected chi connectivity index (χ4v) is 2.01. The molecule has 1 N–H and O–H groups in total. The van der Waals surface area contributed by atoms with E-state index in [1.165, 1.54) is 37.3 Å². The maximum Gasteiger partial charge on any atom is 0.416 e. The van der Waals surface area contributed by atoms with Gasteiger partial charge in [-0.1, -0.05) is 30.3 Å². The fourth-order valence-electron chi connectivity index (χ4n) is 2.01. The van der Waals surface area contributed by atoms with Crippen molar-refractivity contribution < 1.29 is 22.7 Å². The van der Waals surface area contributed by atoms with Crippen molar-refractivity contribution in [2.24, 2.45) is 0 Å². The van der Waals surface area contributed by atoms with Crippen molar-refractivity contribution >= 4 is 0 Å². The van der Waals surface area contributed by atoms with Gasteiger partial charge in [-0.15, -0.1) is 0 Å². The van der Waals surface area contributed by atoms with Gasteiger partial charge in [0, 0.05) is 0 Å². The van der Waals surface area contributed by atoms with Gasteiger partial charge in [-0.2, -0.15) is 13.2 Å². The minimum atomic E-state index is -4.55. The molecule has 0 saturated heterocycles.